The van der Waals surface area contributed by atoms with E-state index in [9.17, 15) is 9.18 Å². The normalized spacial score (nSPS) is 21.6. The fraction of sp³-hybridized carbons (Fsp3) is 0.421. The summed E-state index contributed by atoms with van der Waals surface area (Å²) in [6, 6.07) is 10.2. The van der Waals surface area contributed by atoms with E-state index in [1.807, 2.05) is 11.0 Å². The Morgan fingerprint density at radius 2 is 1.92 bits per heavy atom. The van der Waals surface area contributed by atoms with E-state index in [-0.39, 0.29) is 24.1 Å². The van der Waals surface area contributed by atoms with Crippen molar-refractivity contribution in [2.75, 3.05) is 19.8 Å². The Hall–Kier alpha value is -1.76. The zero-order chi connectivity index (χ0) is 17.2. The molecule has 4 rings (SSSR count). The molecule has 6 heteroatoms. The molecule has 1 atom stereocenters. The van der Waals surface area contributed by atoms with Gasteiger partial charge in [-0.2, -0.15) is 0 Å². The molecule has 2 saturated heterocycles. The molecule has 0 saturated carbocycles. The van der Waals surface area contributed by atoms with Crippen molar-refractivity contribution in [3.63, 3.8) is 0 Å². The standard InChI is InChI=1S/C19H20FNO3S/c20-14-6-2-1-5-13(14)16-8-9-17(25-16)18(22)21-10-4-3-7-15(21)19-23-11-12-24-19/h1-2,5-6,8-9,15,19H,3-4,7,10-12H2. The first-order valence-corrected chi connectivity index (χ1v) is 9.44. The molecule has 0 bridgehead atoms. The lowest BCUT2D eigenvalue weighted by molar-refractivity contribution is -0.100. The van der Waals surface area contributed by atoms with Gasteiger partial charge in [0.05, 0.1) is 24.1 Å². The number of halogens is 1. The van der Waals surface area contributed by atoms with Gasteiger partial charge in [-0.3, -0.25) is 4.79 Å². The molecule has 0 aliphatic carbocycles. The SMILES string of the molecule is O=C(c1ccc(-c2ccccc2F)s1)N1CCCCC1C1OCCO1. The highest BCUT2D eigenvalue weighted by Gasteiger charge is 2.36. The lowest BCUT2D eigenvalue weighted by atomic mass is 10.0. The summed E-state index contributed by atoms with van der Waals surface area (Å²) in [6.07, 6.45) is 2.63. The summed E-state index contributed by atoms with van der Waals surface area (Å²) >= 11 is 1.33. The highest BCUT2D eigenvalue weighted by atomic mass is 32.1. The van der Waals surface area contributed by atoms with Gasteiger partial charge in [-0.15, -0.1) is 11.3 Å². The Morgan fingerprint density at radius 3 is 2.72 bits per heavy atom. The third-order valence-corrected chi connectivity index (χ3v) is 5.83. The topological polar surface area (TPSA) is 38.8 Å². The number of hydrogen-bond donors (Lipinski definition) is 0. The predicted molar refractivity (Wildman–Crippen MR) is 94.1 cm³/mol. The van der Waals surface area contributed by atoms with Crippen molar-refractivity contribution in [3.8, 4) is 10.4 Å². The van der Waals surface area contributed by atoms with Crippen LogP contribution in [0.15, 0.2) is 36.4 Å². The van der Waals surface area contributed by atoms with Crippen LogP contribution >= 0.6 is 11.3 Å². The minimum Gasteiger partial charge on any atom is -0.348 e. The Labute approximate surface area is 150 Å². The van der Waals surface area contributed by atoms with Crippen molar-refractivity contribution in [2.24, 2.45) is 0 Å². The number of ether oxygens (including phenoxy) is 2. The first-order valence-electron chi connectivity index (χ1n) is 8.63. The maximum absolute atomic E-state index is 14.0. The molecule has 1 aromatic heterocycles. The van der Waals surface area contributed by atoms with Crippen molar-refractivity contribution in [2.45, 2.75) is 31.6 Å². The van der Waals surface area contributed by atoms with Gasteiger partial charge in [0.2, 0.25) is 0 Å². The average molecular weight is 361 g/mol. The molecule has 2 aliphatic heterocycles. The number of piperidine rings is 1. The molecule has 3 heterocycles. The number of likely N-dealkylation sites (tertiary alicyclic amines) is 1. The van der Waals surface area contributed by atoms with Crippen molar-refractivity contribution in [3.05, 3.63) is 47.1 Å². The van der Waals surface area contributed by atoms with Gasteiger partial charge < -0.3 is 14.4 Å². The van der Waals surface area contributed by atoms with Crippen LogP contribution in [0.1, 0.15) is 28.9 Å². The smallest absolute Gasteiger partial charge is 0.264 e. The second-order valence-corrected chi connectivity index (χ2v) is 7.40. The monoisotopic (exact) mass is 361 g/mol. The van der Waals surface area contributed by atoms with E-state index in [0.29, 0.717) is 30.2 Å². The number of carbonyl (C=O) groups is 1. The van der Waals surface area contributed by atoms with Crippen LogP contribution in [0.4, 0.5) is 4.39 Å². The molecule has 2 aromatic rings. The van der Waals surface area contributed by atoms with Crippen LogP contribution in [0.25, 0.3) is 10.4 Å². The third kappa shape index (κ3) is 3.34. The maximum Gasteiger partial charge on any atom is 0.264 e. The van der Waals surface area contributed by atoms with Crippen molar-refractivity contribution in [1.29, 1.82) is 0 Å². The lowest BCUT2D eigenvalue weighted by Crippen LogP contribution is -2.50. The van der Waals surface area contributed by atoms with Crippen LogP contribution in [0, 0.1) is 5.82 Å². The molecule has 25 heavy (non-hydrogen) atoms. The largest absolute Gasteiger partial charge is 0.348 e. The summed E-state index contributed by atoms with van der Waals surface area (Å²) in [5, 5.41) is 0. The summed E-state index contributed by atoms with van der Waals surface area (Å²) < 4.78 is 25.3. The zero-order valence-electron chi connectivity index (χ0n) is 13.8. The van der Waals surface area contributed by atoms with Gasteiger partial charge in [-0.25, -0.2) is 4.39 Å². The number of amides is 1. The van der Waals surface area contributed by atoms with Gasteiger partial charge in [-0.1, -0.05) is 18.2 Å². The Morgan fingerprint density at radius 1 is 1.12 bits per heavy atom. The van der Waals surface area contributed by atoms with Crippen molar-refractivity contribution in [1.82, 2.24) is 4.90 Å². The second kappa shape index (κ2) is 7.23. The molecule has 1 amide bonds. The van der Waals surface area contributed by atoms with E-state index >= 15 is 0 Å². The predicted octanol–water partition coefficient (Wildman–Crippen LogP) is 3.92. The molecule has 2 aliphatic rings. The minimum atomic E-state index is -0.324. The number of nitrogens with zero attached hydrogens (tertiary/aromatic N) is 1. The van der Waals surface area contributed by atoms with Crippen molar-refractivity contribution < 1.29 is 18.7 Å². The van der Waals surface area contributed by atoms with Crippen LogP contribution in [0.2, 0.25) is 0 Å². The van der Waals surface area contributed by atoms with Gasteiger partial charge in [0.15, 0.2) is 6.29 Å². The number of benzene rings is 1. The Balaban J connectivity index is 1.56. The van der Waals surface area contributed by atoms with Gasteiger partial charge >= 0.3 is 0 Å². The number of rotatable bonds is 3. The Kier molecular flexibility index (Phi) is 4.83. The van der Waals surface area contributed by atoms with E-state index in [1.54, 1.807) is 24.3 Å². The van der Waals surface area contributed by atoms with Gasteiger partial charge in [0, 0.05) is 17.0 Å². The van der Waals surface area contributed by atoms with Gasteiger partial charge in [-0.05, 0) is 37.5 Å². The minimum absolute atomic E-state index is 0.0172. The zero-order valence-corrected chi connectivity index (χ0v) is 14.6. The van der Waals surface area contributed by atoms with Crippen LogP contribution in [0.5, 0.6) is 0 Å². The molecular weight excluding hydrogens is 341 g/mol. The number of hydrogen-bond acceptors (Lipinski definition) is 4. The summed E-state index contributed by atoms with van der Waals surface area (Å²) in [4.78, 5) is 16.3. The first kappa shape index (κ1) is 16.7. The lowest BCUT2D eigenvalue weighted by Gasteiger charge is -2.37. The summed E-state index contributed by atoms with van der Waals surface area (Å²) in [7, 11) is 0. The van der Waals surface area contributed by atoms with E-state index in [4.69, 9.17) is 9.47 Å². The van der Waals surface area contributed by atoms with Crippen LogP contribution in [-0.2, 0) is 9.47 Å². The van der Waals surface area contributed by atoms with E-state index in [0.717, 1.165) is 24.1 Å². The number of carbonyl (C=O) groups excluding carboxylic acids is 1. The van der Waals surface area contributed by atoms with Gasteiger partial charge in [0.1, 0.15) is 5.82 Å². The van der Waals surface area contributed by atoms with E-state index in [2.05, 4.69) is 0 Å². The third-order valence-electron chi connectivity index (χ3n) is 4.73. The van der Waals surface area contributed by atoms with E-state index in [1.165, 1.54) is 17.4 Å². The summed E-state index contributed by atoms with van der Waals surface area (Å²) in [5.41, 5.74) is 0.532. The molecule has 2 fully saturated rings. The fourth-order valence-corrected chi connectivity index (χ4v) is 4.48. The summed E-state index contributed by atoms with van der Waals surface area (Å²) in [6.45, 7) is 1.87. The molecule has 0 radical (unpaired) electrons. The molecule has 0 N–H and O–H groups in total. The highest BCUT2D eigenvalue weighted by molar-refractivity contribution is 7.17. The molecule has 4 nitrogen and oxygen atoms in total. The van der Waals surface area contributed by atoms with Crippen LogP contribution in [0.3, 0.4) is 0 Å². The highest BCUT2D eigenvalue weighted by Crippen LogP contribution is 2.32. The molecule has 132 valence electrons. The van der Waals surface area contributed by atoms with Crippen molar-refractivity contribution >= 4 is 17.2 Å². The maximum atomic E-state index is 14.0. The molecule has 1 aromatic carbocycles. The van der Waals surface area contributed by atoms with E-state index < -0.39 is 0 Å². The first-order chi connectivity index (χ1) is 12.2. The fourth-order valence-electron chi connectivity index (χ4n) is 3.49. The quantitative estimate of drug-likeness (QED) is 0.832. The summed E-state index contributed by atoms with van der Waals surface area (Å²) in [5.74, 6) is -0.289. The molecular formula is C19H20FNO3S. The van der Waals surface area contributed by atoms with Gasteiger partial charge in [0.25, 0.3) is 5.91 Å². The molecule has 0 spiro atoms. The number of thiophene rings is 1. The average Bonchev–Trinajstić information content (AvgIpc) is 3.34. The Bertz CT molecular complexity index is 757. The molecule has 1 unspecified atom stereocenters. The van der Waals surface area contributed by atoms with Crippen LogP contribution < -0.4 is 0 Å². The van der Waals surface area contributed by atoms with Crippen LogP contribution in [-0.4, -0.2) is 42.9 Å². The second-order valence-electron chi connectivity index (χ2n) is 6.32.